The van der Waals surface area contributed by atoms with Crippen LogP contribution in [-0.2, 0) is 12.4 Å². The van der Waals surface area contributed by atoms with E-state index in [1.54, 1.807) is 0 Å². The van der Waals surface area contributed by atoms with Crippen molar-refractivity contribution in [3.63, 3.8) is 0 Å². The summed E-state index contributed by atoms with van der Waals surface area (Å²) in [5.41, 5.74) is -1.20. The Morgan fingerprint density at radius 2 is 0.818 bits per heavy atom. The van der Waals surface area contributed by atoms with Gasteiger partial charge in [0.05, 0.1) is 32.3 Å². The fourth-order valence-corrected chi connectivity index (χ4v) is 5.66. The van der Waals surface area contributed by atoms with Gasteiger partial charge in [-0.25, -0.2) is 9.98 Å². The Morgan fingerprint density at radius 3 is 1.07 bits per heavy atom. The van der Waals surface area contributed by atoms with E-state index in [-0.39, 0.29) is 32.8 Å². The minimum Gasteiger partial charge on any atom is -0.258 e. The van der Waals surface area contributed by atoms with Gasteiger partial charge >= 0.3 is 12.4 Å². The van der Waals surface area contributed by atoms with Gasteiger partial charge in [-0.05, 0) is 94.4 Å². The summed E-state index contributed by atoms with van der Waals surface area (Å²) in [6, 6.07) is 18.4. The van der Waals surface area contributed by atoms with E-state index < -0.39 is 33.3 Å². The Morgan fingerprint density at radius 1 is 0.523 bits per heavy atom. The largest absolute Gasteiger partial charge is 0.416 e. The van der Waals surface area contributed by atoms with Crippen LogP contribution in [0.1, 0.15) is 22.3 Å². The van der Waals surface area contributed by atoms with Crippen LogP contribution >= 0.6 is 21.6 Å². The van der Waals surface area contributed by atoms with Crippen molar-refractivity contribution in [1.29, 1.82) is 0 Å². The van der Waals surface area contributed by atoms with Gasteiger partial charge in [0, 0.05) is 35.4 Å². The maximum absolute atomic E-state index is 13.0. The summed E-state index contributed by atoms with van der Waals surface area (Å²) in [4.78, 5) is 29.9. The molecular formula is C28H16F6N4O4S2. The average Bonchev–Trinajstić information content (AvgIpc) is 2.98. The highest BCUT2D eigenvalue weighted by molar-refractivity contribution is 8.87. The van der Waals surface area contributed by atoms with E-state index in [0.29, 0.717) is 11.1 Å². The molecule has 0 aliphatic heterocycles. The fraction of sp³-hybridized carbons (Fsp3) is 0.0714. The van der Waals surface area contributed by atoms with Crippen LogP contribution in [-0.4, -0.2) is 19.9 Å². The Kier molecular flexibility index (Phi) is 9.74. The summed E-state index contributed by atoms with van der Waals surface area (Å²) >= 11 is 0. The highest BCUT2D eigenvalue weighted by Crippen LogP contribution is 2.37. The van der Waals surface area contributed by atoms with Crippen LogP contribution < -0.4 is 0 Å². The maximum atomic E-state index is 13.0. The molecule has 44 heavy (non-hydrogen) atoms. The summed E-state index contributed by atoms with van der Waals surface area (Å²) in [6.45, 7) is 0. The molecule has 4 rings (SSSR count). The minimum absolute atomic E-state index is 0.135. The first-order valence-corrected chi connectivity index (χ1v) is 14.2. The van der Waals surface area contributed by atoms with Crippen LogP contribution in [0.15, 0.2) is 107 Å². The lowest BCUT2D eigenvalue weighted by molar-refractivity contribution is -0.385. The van der Waals surface area contributed by atoms with E-state index in [2.05, 4.69) is 9.98 Å². The second-order valence-corrected chi connectivity index (χ2v) is 10.8. The van der Waals surface area contributed by atoms with E-state index >= 15 is 0 Å². The summed E-state index contributed by atoms with van der Waals surface area (Å²) in [6.07, 6.45) is -9.13. The summed E-state index contributed by atoms with van der Waals surface area (Å²) in [5.74, 6) is 0. The molecule has 226 valence electrons. The van der Waals surface area contributed by atoms with Gasteiger partial charge in [-0.2, -0.15) is 26.3 Å². The van der Waals surface area contributed by atoms with Gasteiger partial charge in [-0.15, -0.1) is 0 Å². The van der Waals surface area contributed by atoms with E-state index in [4.69, 9.17) is 0 Å². The Balaban J connectivity index is 1.73. The van der Waals surface area contributed by atoms with Gasteiger partial charge in [0.25, 0.3) is 11.4 Å². The Bertz CT molecular complexity index is 1580. The number of halogens is 6. The van der Waals surface area contributed by atoms with Crippen molar-refractivity contribution in [1.82, 2.24) is 0 Å². The number of aliphatic imine (C=N–C) groups is 2. The molecule has 0 unspecified atom stereocenters. The number of non-ortho nitro benzene ring substituents is 2. The molecule has 0 saturated heterocycles. The monoisotopic (exact) mass is 650 g/mol. The number of hydrogen-bond donors (Lipinski definition) is 0. The summed E-state index contributed by atoms with van der Waals surface area (Å²) < 4.78 is 78.3. The first-order chi connectivity index (χ1) is 20.7. The van der Waals surface area contributed by atoms with Gasteiger partial charge in [0.1, 0.15) is 10.1 Å². The van der Waals surface area contributed by atoms with Crippen molar-refractivity contribution in [3.05, 3.63) is 140 Å². The second kappa shape index (κ2) is 13.3. The molecule has 0 amide bonds. The van der Waals surface area contributed by atoms with Gasteiger partial charge < -0.3 is 0 Å². The smallest absolute Gasteiger partial charge is 0.258 e. The van der Waals surface area contributed by atoms with Crippen LogP contribution in [0.25, 0.3) is 0 Å². The van der Waals surface area contributed by atoms with Gasteiger partial charge in [0.2, 0.25) is 0 Å². The first-order valence-electron chi connectivity index (χ1n) is 12.1. The molecule has 0 aliphatic rings. The Hall–Kier alpha value is -4.70. The van der Waals surface area contributed by atoms with Crippen molar-refractivity contribution in [2.45, 2.75) is 12.4 Å². The number of benzene rings is 4. The number of rotatable bonds is 6. The molecule has 0 spiro atoms. The molecule has 16 heteroatoms. The van der Waals surface area contributed by atoms with E-state index in [1.807, 2.05) is 0 Å². The van der Waals surface area contributed by atoms with E-state index in [0.717, 1.165) is 70.1 Å². The molecule has 4 aromatic carbocycles. The molecule has 0 aliphatic carbocycles. The molecule has 0 atom stereocenters. The standard InChI is InChI=1S/C28H16F6N4O4S2/c29-27(30,31)19-5-9-21(10-6-19)35-25(17-1-13-23(14-2-17)37(39)40)43-44-26(18-3-15-24(16-4-18)38(41)42)36-22-11-7-20(8-12-22)28(32,33)34/h1-16H. The first kappa shape index (κ1) is 32.2. The zero-order valence-corrected chi connectivity index (χ0v) is 23.4. The molecule has 4 aromatic rings. The number of nitro groups is 2. The lowest BCUT2D eigenvalue weighted by atomic mass is 10.2. The molecule has 0 radical (unpaired) electrons. The summed E-state index contributed by atoms with van der Waals surface area (Å²) in [5, 5.41) is 22.7. The zero-order valence-electron chi connectivity index (χ0n) is 21.7. The number of nitrogens with zero attached hydrogens (tertiary/aromatic N) is 4. The van der Waals surface area contributed by atoms with E-state index in [9.17, 15) is 46.6 Å². The number of hydrogen-bond acceptors (Lipinski definition) is 8. The predicted molar refractivity (Wildman–Crippen MR) is 157 cm³/mol. The molecule has 8 nitrogen and oxygen atoms in total. The fourth-order valence-electron chi connectivity index (χ4n) is 3.48. The van der Waals surface area contributed by atoms with Crippen molar-refractivity contribution < 1.29 is 36.2 Å². The van der Waals surface area contributed by atoms with Crippen LogP contribution in [0.5, 0.6) is 0 Å². The van der Waals surface area contributed by atoms with Crippen LogP contribution in [0.3, 0.4) is 0 Å². The average molecular weight is 651 g/mol. The minimum atomic E-state index is -4.57. The maximum Gasteiger partial charge on any atom is 0.416 e. The number of nitro benzene ring substituents is 2. The number of alkyl halides is 6. The van der Waals surface area contributed by atoms with Crippen molar-refractivity contribution in [3.8, 4) is 0 Å². The lowest BCUT2D eigenvalue weighted by Gasteiger charge is -2.11. The third-order valence-electron chi connectivity index (χ3n) is 5.70. The predicted octanol–water partition coefficient (Wildman–Crippen LogP) is 9.78. The van der Waals surface area contributed by atoms with Crippen molar-refractivity contribution >= 4 is 54.4 Å². The van der Waals surface area contributed by atoms with E-state index in [1.165, 1.54) is 48.5 Å². The van der Waals surface area contributed by atoms with Gasteiger partial charge in [-0.3, -0.25) is 20.2 Å². The SMILES string of the molecule is O=[N+]([O-])c1ccc(C(=Nc2ccc(C(F)(F)F)cc2)SSC(=Nc2ccc(C(F)(F)F)cc2)c2ccc([N+](=O)[O-])cc2)cc1. The molecular weight excluding hydrogens is 634 g/mol. The van der Waals surface area contributed by atoms with Gasteiger partial charge in [0.15, 0.2) is 0 Å². The third kappa shape index (κ3) is 8.44. The molecule has 0 fully saturated rings. The molecule has 0 aromatic heterocycles. The van der Waals surface area contributed by atoms with Crippen LogP contribution in [0.2, 0.25) is 0 Å². The molecule has 0 saturated carbocycles. The lowest BCUT2D eigenvalue weighted by Crippen LogP contribution is -2.04. The van der Waals surface area contributed by atoms with Crippen molar-refractivity contribution in [2.24, 2.45) is 9.98 Å². The van der Waals surface area contributed by atoms with Crippen molar-refractivity contribution in [2.75, 3.05) is 0 Å². The topological polar surface area (TPSA) is 111 Å². The quantitative estimate of drug-likeness (QED) is 0.0513. The normalized spacial score (nSPS) is 12.7. The third-order valence-corrected chi connectivity index (χ3v) is 7.95. The highest BCUT2D eigenvalue weighted by Gasteiger charge is 2.30. The second-order valence-electron chi connectivity index (χ2n) is 8.70. The zero-order chi connectivity index (χ0) is 32.1. The Labute approximate surface area is 252 Å². The summed E-state index contributed by atoms with van der Waals surface area (Å²) in [7, 11) is 1.93. The molecule has 0 bridgehead atoms. The molecule has 0 heterocycles. The van der Waals surface area contributed by atoms with Crippen LogP contribution in [0.4, 0.5) is 49.1 Å². The van der Waals surface area contributed by atoms with Crippen LogP contribution in [0, 0.1) is 20.2 Å². The molecule has 0 N–H and O–H groups in total. The van der Waals surface area contributed by atoms with Gasteiger partial charge in [-0.1, -0.05) is 0 Å². The highest BCUT2D eigenvalue weighted by atomic mass is 33.1.